The average Bonchev–Trinajstić information content (AvgIpc) is 3.31. The van der Waals surface area contributed by atoms with E-state index in [2.05, 4.69) is 27.5 Å². The van der Waals surface area contributed by atoms with Gasteiger partial charge in [-0.2, -0.15) is 9.61 Å². The zero-order chi connectivity index (χ0) is 28.0. The van der Waals surface area contributed by atoms with Crippen LogP contribution in [-0.2, 0) is 14.8 Å². The molecule has 3 saturated heterocycles. The molecule has 6 rings (SSSR count). The highest BCUT2D eigenvalue weighted by molar-refractivity contribution is 7.92. The van der Waals surface area contributed by atoms with Gasteiger partial charge >= 0.3 is 0 Å². The second-order valence-electron chi connectivity index (χ2n) is 11.0. The smallest absolute Gasteiger partial charge is 0.256 e. The van der Waals surface area contributed by atoms with E-state index in [1.165, 1.54) is 12.1 Å². The van der Waals surface area contributed by atoms with Crippen LogP contribution in [0.1, 0.15) is 48.3 Å². The third-order valence-electron chi connectivity index (χ3n) is 7.86. The molecule has 40 heavy (non-hydrogen) atoms. The fourth-order valence-electron chi connectivity index (χ4n) is 5.67. The van der Waals surface area contributed by atoms with Crippen LogP contribution in [0.15, 0.2) is 30.3 Å². The minimum Gasteiger partial charge on any atom is -0.378 e. The van der Waals surface area contributed by atoms with Crippen molar-refractivity contribution >= 4 is 50.5 Å². The van der Waals surface area contributed by atoms with E-state index in [1.54, 1.807) is 11.0 Å². The van der Waals surface area contributed by atoms with Crippen LogP contribution in [0.3, 0.4) is 0 Å². The highest BCUT2D eigenvalue weighted by Gasteiger charge is 2.35. The molecule has 0 bridgehead atoms. The Morgan fingerprint density at radius 3 is 2.55 bits per heavy atom. The molecule has 0 aliphatic carbocycles. The van der Waals surface area contributed by atoms with Crippen LogP contribution in [0.25, 0.3) is 5.65 Å². The minimum atomic E-state index is -3.60. The number of halogens is 1. The number of rotatable bonds is 6. The Labute approximate surface area is 239 Å². The summed E-state index contributed by atoms with van der Waals surface area (Å²) in [4.78, 5) is 25.4. The van der Waals surface area contributed by atoms with Crippen LogP contribution in [-0.4, -0.2) is 86.0 Å². The van der Waals surface area contributed by atoms with Gasteiger partial charge in [0.25, 0.3) is 5.91 Å². The van der Waals surface area contributed by atoms with E-state index in [0.29, 0.717) is 24.8 Å². The lowest BCUT2D eigenvalue weighted by atomic mass is 9.91. The second-order valence-corrected chi connectivity index (χ2v) is 13.2. The fourth-order valence-corrected chi connectivity index (χ4v) is 6.42. The molecule has 5 heterocycles. The number of hydrogen-bond acceptors (Lipinski definition) is 8. The lowest BCUT2D eigenvalue weighted by molar-refractivity contribution is 0.0538. The molecule has 3 aliphatic heterocycles. The van der Waals surface area contributed by atoms with Gasteiger partial charge in [0, 0.05) is 49.9 Å². The van der Waals surface area contributed by atoms with Gasteiger partial charge in [0.05, 0.1) is 42.5 Å². The number of nitrogens with zero attached hydrogens (tertiary/aromatic N) is 6. The third-order valence-corrected chi connectivity index (χ3v) is 8.68. The first kappa shape index (κ1) is 27.1. The number of aromatic nitrogens is 3. The van der Waals surface area contributed by atoms with Gasteiger partial charge in [0.15, 0.2) is 5.65 Å². The van der Waals surface area contributed by atoms with Crippen molar-refractivity contribution in [1.29, 1.82) is 0 Å². The van der Waals surface area contributed by atoms with Gasteiger partial charge in [-0.05, 0) is 43.4 Å². The number of carbonyl (C=O) groups excluding carboxylic acids is 1. The van der Waals surface area contributed by atoms with Gasteiger partial charge in [-0.25, -0.2) is 13.4 Å². The maximum absolute atomic E-state index is 14.1. The number of anilines is 3. The summed E-state index contributed by atoms with van der Waals surface area (Å²) in [6.45, 7) is 7.45. The molecule has 11 nitrogen and oxygen atoms in total. The molecule has 1 amide bonds. The lowest BCUT2D eigenvalue weighted by Gasteiger charge is -2.38. The zero-order valence-electron chi connectivity index (χ0n) is 22.7. The van der Waals surface area contributed by atoms with Gasteiger partial charge < -0.3 is 19.4 Å². The number of fused-ring (bicyclic) bond motifs is 1. The highest BCUT2D eigenvalue weighted by Crippen LogP contribution is 2.37. The molecule has 2 atom stereocenters. The van der Waals surface area contributed by atoms with E-state index >= 15 is 0 Å². The Morgan fingerprint density at radius 2 is 1.85 bits per heavy atom. The third kappa shape index (κ3) is 5.44. The second kappa shape index (κ2) is 10.7. The minimum absolute atomic E-state index is 0.208. The molecule has 214 valence electrons. The SMILES string of the molecule is C[C@H]1CC[C@@H](c2cc3nc(N4CCC4)cc(N4CCOCC4)n3n2)N(C(=O)c2cc(Cl)ccc2NS(C)(=O)=O)C1. The summed E-state index contributed by atoms with van der Waals surface area (Å²) in [5, 5.41) is 5.38. The number of piperidine rings is 1. The molecular formula is C27H34ClN7O4S. The van der Waals surface area contributed by atoms with Crippen molar-refractivity contribution in [3.63, 3.8) is 0 Å². The number of amides is 1. The summed E-state index contributed by atoms with van der Waals surface area (Å²) in [5.74, 6) is 1.90. The molecule has 0 unspecified atom stereocenters. The molecule has 0 radical (unpaired) electrons. The largest absolute Gasteiger partial charge is 0.378 e. The Balaban J connectivity index is 1.40. The topological polar surface area (TPSA) is 112 Å². The molecule has 0 spiro atoms. The summed E-state index contributed by atoms with van der Waals surface area (Å²) in [6, 6.07) is 8.42. The van der Waals surface area contributed by atoms with Crippen molar-refractivity contribution in [2.75, 3.05) is 66.7 Å². The van der Waals surface area contributed by atoms with Crippen LogP contribution in [0.5, 0.6) is 0 Å². The molecule has 3 fully saturated rings. The lowest BCUT2D eigenvalue weighted by Crippen LogP contribution is -2.42. The van der Waals surface area contributed by atoms with E-state index in [4.69, 9.17) is 26.4 Å². The fraction of sp³-hybridized carbons (Fsp3) is 0.519. The molecule has 0 saturated carbocycles. The monoisotopic (exact) mass is 587 g/mol. The normalized spacial score (nSPS) is 21.9. The van der Waals surface area contributed by atoms with Gasteiger partial charge in [-0.1, -0.05) is 18.5 Å². The van der Waals surface area contributed by atoms with Gasteiger partial charge in [-0.15, -0.1) is 0 Å². The maximum atomic E-state index is 14.1. The number of carbonyl (C=O) groups is 1. The number of nitrogens with one attached hydrogen (secondary N) is 1. The first-order valence-corrected chi connectivity index (χ1v) is 16.0. The van der Waals surface area contributed by atoms with Crippen molar-refractivity contribution in [2.24, 2.45) is 5.92 Å². The number of hydrogen-bond donors (Lipinski definition) is 1. The number of sulfonamides is 1. The van der Waals surface area contributed by atoms with Crippen LogP contribution >= 0.6 is 11.6 Å². The molecule has 3 aromatic rings. The number of likely N-dealkylation sites (tertiary alicyclic amines) is 1. The predicted octanol–water partition coefficient (Wildman–Crippen LogP) is 3.41. The van der Waals surface area contributed by atoms with Crippen molar-refractivity contribution in [2.45, 2.75) is 32.2 Å². The maximum Gasteiger partial charge on any atom is 0.256 e. The number of morpholine rings is 1. The van der Waals surface area contributed by atoms with E-state index in [-0.39, 0.29) is 29.1 Å². The summed E-state index contributed by atoms with van der Waals surface area (Å²) in [7, 11) is -3.60. The van der Waals surface area contributed by atoms with E-state index in [0.717, 1.165) is 74.7 Å². The van der Waals surface area contributed by atoms with E-state index < -0.39 is 10.0 Å². The number of ether oxygens (including phenoxy) is 1. The van der Waals surface area contributed by atoms with E-state index in [9.17, 15) is 13.2 Å². The average molecular weight is 588 g/mol. The number of benzene rings is 1. The molecule has 1 aromatic carbocycles. The first-order chi connectivity index (χ1) is 19.2. The summed E-state index contributed by atoms with van der Waals surface area (Å²) in [5.41, 5.74) is 1.93. The Bertz CT molecular complexity index is 1540. The van der Waals surface area contributed by atoms with Gasteiger partial charge in [0.1, 0.15) is 11.6 Å². The first-order valence-electron chi connectivity index (χ1n) is 13.7. The summed E-state index contributed by atoms with van der Waals surface area (Å²) < 4.78 is 34.0. The molecular weight excluding hydrogens is 554 g/mol. The standard InChI is InChI=1S/C27H34ClN7O4S/c1-18-4-7-23(34(17-18)27(36)20-14-19(28)5-6-21(20)31-40(2,37)38)22-15-25-29-24(32-8-3-9-32)16-26(35(25)30-22)33-10-12-39-13-11-33/h5-6,14-16,18,23,31H,3-4,7-13,17H2,1-2H3/t18-,23-/m0/s1. The van der Waals surface area contributed by atoms with Gasteiger partial charge in [-0.3, -0.25) is 9.52 Å². The highest BCUT2D eigenvalue weighted by atomic mass is 35.5. The van der Waals surface area contributed by atoms with Crippen LogP contribution in [0, 0.1) is 5.92 Å². The van der Waals surface area contributed by atoms with Crippen LogP contribution < -0.4 is 14.5 Å². The van der Waals surface area contributed by atoms with Crippen molar-refractivity contribution in [3.8, 4) is 0 Å². The summed E-state index contributed by atoms with van der Waals surface area (Å²) >= 11 is 6.27. The Hall–Kier alpha value is -3.09. The molecule has 13 heteroatoms. The zero-order valence-corrected chi connectivity index (χ0v) is 24.3. The molecule has 3 aliphatic rings. The van der Waals surface area contributed by atoms with Gasteiger partial charge in [0.2, 0.25) is 10.0 Å². The Kier molecular flexibility index (Phi) is 7.26. The summed E-state index contributed by atoms with van der Waals surface area (Å²) in [6.07, 6.45) is 3.89. The Morgan fingerprint density at radius 1 is 1.07 bits per heavy atom. The predicted molar refractivity (Wildman–Crippen MR) is 155 cm³/mol. The van der Waals surface area contributed by atoms with Crippen molar-refractivity contribution in [3.05, 3.63) is 46.6 Å². The van der Waals surface area contributed by atoms with Crippen molar-refractivity contribution in [1.82, 2.24) is 19.5 Å². The quantitative estimate of drug-likeness (QED) is 0.467. The molecule has 1 N–H and O–H groups in total. The van der Waals surface area contributed by atoms with Crippen LogP contribution in [0.2, 0.25) is 5.02 Å². The molecule has 2 aromatic heterocycles. The van der Waals surface area contributed by atoms with Crippen molar-refractivity contribution < 1.29 is 17.9 Å². The van der Waals surface area contributed by atoms with E-state index in [1.807, 2.05) is 10.6 Å². The van der Waals surface area contributed by atoms with Crippen LogP contribution in [0.4, 0.5) is 17.3 Å².